The van der Waals surface area contributed by atoms with E-state index in [1.165, 1.54) is 38.5 Å². The van der Waals surface area contributed by atoms with Gasteiger partial charge in [-0.3, -0.25) is 9.69 Å². The number of hydrogen-bond acceptors (Lipinski definition) is 2. The zero-order chi connectivity index (χ0) is 12.1. The molecule has 0 N–H and O–H groups in total. The second-order valence-corrected chi connectivity index (χ2v) is 6.11. The molecule has 0 aromatic rings. The number of carbonyl (C=O) groups excluding carboxylic acids is 1. The second kappa shape index (κ2) is 6.53. The van der Waals surface area contributed by atoms with Gasteiger partial charge in [-0.2, -0.15) is 0 Å². The third kappa shape index (κ3) is 4.09. The SMILES string of the molecule is CC1CCCN(CC(=O)C2CCCCC2)CC1. The van der Waals surface area contributed by atoms with Gasteiger partial charge in [-0.15, -0.1) is 0 Å². The van der Waals surface area contributed by atoms with Crippen LogP contribution >= 0.6 is 0 Å². The van der Waals surface area contributed by atoms with Crippen LogP contribution in [0, 0.1) is 11.8 Å². The number of nitrogens with zero attached hydrogens (tertiary/aromatic N) is 1. The van der Waals surface area contributed by atoms with E-state index in [1.54, 1.807) is 0 Å². The predicted molar refractivity (Wildman–Crippen MR) is 71.0 cm³/mol. The highest BCUT2D eigenvalue weighted by atomic mass is 16.1. The molecule has 98 valence electrons. The smallest absolute Gasteiger partial charge is 0.149 e. The highest BCUT2D eigenvalue weighted by Crippen LogP contribution is 2.25. The monoisotopic (exact) mass is 237 g/mol. The highest BCUT2D eigenvalue weighted by Gasteiger charge is 2.23. The van der Waals surface area contributed by atoms with Crippen molar-refractivity contribution < 1.29 is 4.79 Å². The van der Waals surface area contributed by atoms with E-state index in [4.69, 9.17) is 0 Å². The summed E-state index contributed by atoms with van der Waals surface area (Å²) in [4.78, 5) is 14.6. The van der Waals surface area contributed by atoms with Crippen LogP contribution in [0.1, 0.15) is 58.3 Å². The first kappa shape index (κ1) is 13.1. The number of rotatable bonds is 3. The fourth-order valence-electron chi connectivity index (χ4n) is 3.25. The maximum Gasteiger partial charge on any atom is 0.149 e. The molecule has 0 bridgehead atoms. The first-order valence-electron chi connectivity index (χ1n) is 7.51. The number of Topliss-reactive ketones (excluding diaryl/α,β-unsaturated/α-hetero) is 1. The molecule has 2 aliphatic rings. The maximum absolute atomic E-state index is 12.2. The molecule has 0 aromatic carbocycles. The van der Waals surface area contributed by atoms with Crippen LogP contribution in [-0.2, 0) is 4.79 Å². The van der Waals surface area contributed by atoms with Gasteiger partial charge in [0.15, 0.2) is 0 Å². The van der Waals surface area contributed by atoms with Gasteiger partial charge in [0.2, 0.25) is 0 Å². The second-order valence-electron chi connectivity index (χ2n) is 6.11. The van der Waals surface area contributed by atoms with Gasteiger partial charge in [0, 0.05) is 5.92 Å². The average molecular weight is 237 g/mol. The van der Waals surface area contributed by atoms with Crippen LogP contribution < -0.4 is 0 Å². The van der Waals surface area contributed by atoms with E-state index in [0.29, 0.717) is 11.7 Å². The first-order valence-corrected chi connectivity index (χ1v) is 7.51. The first-order chi connectivity index (χ1) is 8.25. The fraction of sp³-hybridized carbons (Fsp3) is 0.933. The van der Waals surface area contributed by atoms with Gasteiger partial charge in [0.05, 0.1) is 6.54 Å². The number of carbonyl (C=O) groups is 1. The van der Waals surface area contributed by atoms with Crippen molar-refractivity contribution in [2.75, 3.05) is 19.6 Å². The Hall–Kier alpha value is -0.370. The Morgan fingerprint density at radius 2 is 1.76 bits per heavy atom. The Bertz CT molecular complexity index is 245. The molecule has 1 atom stereocenters. The minimum atomic E-state index is 0.393. The minimum Gasteiger partial charge on any atom is -0.298 e. The topological polar surface area (TPSA) is 20.3 Å². The molecular weight excluding hydrogens is 210 g/mol. The molecule has 1 aliphatic carbocycles. The van der Waals surface area contributed by atoms with Crippen molar-refractivity contribution in [3.8, 4) is 0 Å². The molecule has 0 radical (unpaired) electrons. The van der Waals surface area contributed by atoms with Crippen LogP contribution in [0.4, 0.5) is 0 Å². The van der Waals surface area contributed by atoms with Crippen molar-refractivity contribution in [1.82, 2.24) is 4.90 Å². The van der Waals surface area contributed by atoms with Crippen LogP contribution in [0.2, 0.25) is 0 Å². The van der Waals surface area contributed by atoms with Crippen molar-refractivity contribution in [2.45, 2.75) is 58.3 Å². The maximum atomic E-state index is 12.2. The average Bonchev–Trinajstić information content (AvgIpc) is 2.56. The predicted octanol–water partition coefficient (Wildman–Crippen LogP) is 3.26. The normalized spacial score (nSPS) is 28.9. The standard InChI is InChI=1S/C15H27NO/c1-13-6-5-10-16(11-9-13)12-15(17)14-7-3-2-4-8-14/h13-14H,2-12H2,1H3. The van der Waals surface area contributed by atoms with Gasteiger partial charge >= 0.3 is 0 Å². The fourth-order valence-corrected chi connectivity index (χ4v) is 3.25. The summed E-state index contributed by atoms with van der Waals surface area (Å²) in [5, 5.41) is 0. The Labute approximate surface area is 106 Å². The van der Waals surface area contributed by atoms with Crippen molar-refractivity contribution in [2.24, 2.45) is 11.8 Å². The molecule has 0 aromatic heterocycles. The van der Waals surface area contributed by atoms with E-state index in [0.717, 1.165) is 38.4 Å². The molecule has 2 nitrogen and oxygen atoms in total. The van der Waals surface area contributed by atoms with Crippen LogP contribution in [-0.4, -0.2) is 30.3 Å². The van der Waals surface area contributed by atoms with Gasteiger partial charge < -0.3 is 0 Å². The van der Waals surface area contributed by atoms with E-state index in [1.807, 2.05) is 0 Å². The van der Waals surface area contributed by atoms with Gasteiger partial charge in [0.1, 0.15) is 5.78 Å². The summed E-state index contributed by atoms with van der Waals surface area (Å²) in [7, 11) is 0. The van der Waals surface area contributed by atoms with E-state index >= 15 is 0 Å². The van der Waals surface area contributed by atoms with Crippen molar-refractivity contribution in [3.05, 3.63) is 0 Å². The van der Waals surface area contributed by atoms with Gasteiger partial charge in [-0.05, 0) is 51.1 Å². The summed E-state index contributed by atoms with van der Waals surface area (Å²) in [6.07, 6.45) is 10.1. The third-order valence-electron chi connectivity index (χ3n) is 4.55. The molecule has 1 unspecified atom stereocenters. The molecule has 17 heavy (non-hydrogen) atoms. The molecule has 2 heteroatoms. The lowest BCUT2D eigenvalue weighted by molar-refractivity contribution is -0.124. The summed E-state index contributed by atoms with van der Waals surface area (Å²) in [5.74, 6) is 1.77. The molecule has 2 rings (SSSR count). The van der Waals surface area contributed by atoms with Crippen LogP contribution in [0.15, 0.2) is 0 Å². The van der Waals surface area contributed by atoms with E-state index in [9.17, 15) is 4.79 Å². The van der Waals surface area contributed by atoms with Crippen molar-refractivity contribution in [1.29, 1.82) is 0 Å². The summed E-state index contributed by atoms with van der Waals surface area (Å²) in [6.45, 7) is 5.35. The third-order valence-corrected chi connectivity index (χ3v) is 4.55. The largest absolute Gasteiger partial charge is 0.298 e. The van der Waals surface area contributed by atoms with E-state index < -0.39 is 0 Å². The lowest BCUT2D eigenvalue weighted by Gasteiger charge is -2.25. The minimum absolute atomic E-state index is 0.393. The molecule has 0 amide bonds. The Morgan fingerprint density at radius 1 is 1.00 bits per heavy atom. The Kier molecular flexibility index (Phi) is 5.02. The quantitative estimate of drug-likeness (QED) is 0.751. The van der Waals surface area contributed by atoms with Gasteiger partial charge in [0.25, 0.3) is 0 Å². The zero-order valence-electron chi connectivity index (χ0n) is 11.3. The molecule has 1 saturated carbocycles. The molecular formula is C15H27NO. The number of hydrogen-bond donors (Lipinski definition) is 0. The lowest BCUT2D eigenvalue weighted by atomic mass is 9.86. The van der Waals surface area contributed by atoms with Crippen molar-refractivity contribution >= 4 is 5.78 Å². The summed E-state index contributed by atoms with van der Waals surface area (Å²) >= 11 is 0. The molecule has 1 saturated heterocycles. The number of ketones is 1. The lowest BCUT2D eigenvalue weighted by Crippen LogP contribution is -2.34. The van der Waals surface area contributed by atoms with Crippen LogP contribution in [0.5, 0.6) is 0 Å². The number of likely N-dealkylation sites (tertiary alicyclic amines) is 1. The summed E-state index contributed by atoms with van der Waals surface area (Å²) < 4.78 is 0. The molecule has 0 spiro atoms. The summed E-state index contributed by atoms with van der Waals surface area (Å²) in [5.41, 5.74) is 0. The highest BCUT2D eigenvalue weighted by molar-refractivity contribution is 5.83. The van der Waals surface area contributed by atoms with Crippen LogP contribution in [0.3, 0.4) is 0 Å². The van der Waals surface area contributed by atoms with Gasteiger partial charge in [-0.25, -0.2) is 0 Å². The molecule has 2 fully saturated rings. The van der Waals surface area contributed by atoms with Crippen LogP contribution in [0.25, 0.3) is 0 Å². The zero-order valence-corrected chi connectivity index (χ0v) is 11.3. The van der Waals surface area contributed by atoms with Gasteiger partial charge in [-0.1, -0.05) is 26.2 Å². The van der Waals surface area contributed by atoms with Crippen molar-refractivity contribution in [3.63, 3.8) is 0 Å². The van der Waals surface area contributed by atoms with E-state index in [2.05, 4.69) is 11.8 Å². The van der Waals surface area contributed by atoms with E-state index in [-0.39, 0.29) is 0 Å². The summed E-state index contributed by atoms with van der Waals surface area (Å²) in [6, 6.07) is 0. The Morgan fingerprint density at radius 3 is 2.53 bits per heavy atom. The Balaban J connectivity index is 1.76. The molecule has 1 aliphatic heterocycles. The molecule has 1 heterocycles.